The predicted molar refractivity (Wildman–Crippen MR) is 244 cm³/mol. The van der Waals surface area contributed by atoms with Gasteiger partial charge in [0.05, 0.1) is 0 Å². The molecule has 1 aliphatic heterocycles. The lowest BCUT2D eigenvalue weighted by Crippen LogP contribution is -2.36. The van der Waals surface area contributed by atoms with Crippen LogP contribution in [0, 0.1) is 0 Å². The van der Waals surface area contributed by atoms with Gasteiger partial charge in [0.15, 0.2) is 6.17 Å². The summed E-state index contributed by atoms with van der Waals surface area (Å²) in [5.74, 6) is 1.55. The molecule has 1 atom stereocenters. The van der Waals surface area contributed by atoms with Crippen molar-refractivity contribution in [2.75, 3.05) is 0 Å². The third-order valence-corrected chi connectivity index (χ3v) is 12.7. The highest BCUT2D eigenvalue weighted by Gasteiger charge is 2.25. The van der Waals surface area contributed by atoms with Crippen LogP contribution in [-0.2, 0) is 0 Å². The van der Waals surface area contributed by atoms with E-state index in [1.165, 1.54) is 58.6 Å². The number of aliphatic imine (C=N–C) groups is 2. The number of furan rings is 1. The highest BCUT2D eigenvalue weighted by molar-refractivity contribution is 7.26. The minimum Gasteiger partial charge on any atom is -0.456 e. The summed E-state index contributed by atoms with van der Waals surface area (Å²) in [7, 11) is 0. The zero-order valence-corrected chi connectivity index (χ0v) is 32.0. The van der Waals surface area contributed by atoms with Crippen LogP contribution in [-0.4, -0.2) is 11.7 Å². The molecule has 4 nitrogen and oxygen atoms in total. The Morgan fingerprint density at radius 3 is 1.74 bits per heavy atom. The number of nitrogens with one attached hydrogen (secondary N) is 1. The molecule has 9 aromatic carbocycles. The van der Waals surface area contributed by atoms with Crippen molar-refractivity contribution < 1.29 is 4.42 Å². The summed E-state index contributed by atoms with van der Waals surface area (Å²) in [5.41, 5.74) is 9.66. The second-order valence-electron chi connectivity index (χ2n) is 14.9. The highest BCUT2D eigenvalue weighted by atomic mass is 32.1. The molecule has 11 aromatic rings. The van der Waals surface area contributed by atoms with Crippen molar-refractivity contribution in [3.05, 3.63) is 205 Å². The molecular formula is C53H33N3OS. The van der Waals surface area contributed by atoms with E-state index < -0.39 is 6.17 Å². The van der Waals surface area contributed by atoms with E-state index in [1.807, 2.05) is 47.7 Å². The molecule has 0 amide bonds. The maximum Gasteiger partial charge on any atom is 0.170 e. The third-order valence-electron chi connectivity index (χ3n) is 11.5. The van der Waals surface area contributed by atoms with Crippen molar-refractivity contribution >= 4 is 86.7 Å². The first-order valence-electron chi connectivity index (χ1n) is 19.6. The van der Waals surface area contributed by atoms with E-state index in [-0.39, 0.29) is 0 Å². The van der Waals surface area contributed by atoms with Crippen LogP contribution in [0.25, 0.3) is 85.9 Å². The Labute approximate surface area is 338 Å². The summed E-state index contributed by atoms with van der Waals surface area (Å²) in [5, 5.41) is 13.2. The summed E-state index contributed by atoms with van der Waals surface area (Å²) >= 11 is 1.83. The van der Waals surface area contributed by atoms with Crippen LogP contribution in [0.1, 0.15) is 22.9 Å². The van der Waals surface area contributed by atoms with Crippen LogP contribution >= 0.6 is 11.3 Å². The Morgan fingerprint density at radius 1 is 0.397 bits per heavy atom. The standard InChI is InChI=1S/C53H33N3OS/c1-3-13-32(14-4-1)36-26-27-37(39-18-8-7-17-38(36)39)34-24-28-48-45(29-34)50-43-21-10-9-19-40(43)44(31-49(50)58-48)53-55-51(33-15-5-2-6-16-33)54-52(56-53)35-23-25-42-41-20-11-12-22-46(41)57-47(42)30-35/h1-31,53H,(H,54,55,56). The minimum atomic E-state index is -0.470. The van der Waals surface area contributed by atoms with Gasteiger partial charge in [0.2, 0.25) is 0 Å². The number of benzene rings is 9. The lowest BCUT2D eigenvalue weighted by Gasteiger charge is -2.23. The number of hydrogen-bond acceptors (Lipinski definition) is 5. The van der Waals surface area contributed by atoms with Gasteiger partial charge in [0.1, 0.15) is 22.8 Å². The van der Waals surface area contributed by atoms with Gasteiger partial charge in [-0.1, -0.05) is 152 Å². The van der Waals surface area contributed by atoms with E-state index in [0.717, 1.165) is 55.7 Å². The molecule has 3 heterocycles. The molecule has 2 aromatic heterocycles. The molecule has 0 radical (unpaired) electrons. The first kappa shape index (κ1) is 32.9. The average molecular weight is 760 g/mol. The Balaban J connectivity index is 1.02. The Morgan fingerprint density at radius 2 is 0.983 bits per heavy atom. The second-order valence-corrected chi connectivity index (χ2v) is 16.0. The van der Waals surface area contributed by atoms with E-state index in [1.54, 1.807) is 0 Å². The van der Waals surface area contributed by atoms with Crippen LogP contribution in [0.15, 0.2) is 202 Å². The van der Waals surface area contributed by atoms with Crippen molar-refractivity contribution in [1.29, 1.82) is 0 Å². The van der Waals surface area contributed by atoms with Crippen LogP contribution in [0.3, 0.4) is 0 Å². The van der Waals surface area contributed by atoms with E-state index in [4.69, 9.17) is 14.4 Å². The normalized spacial score (nSPS) is 14.4. The van der Waals surface area contributed by atoms with Crippen molar-refractivity contribution in [3.63, 3.8) is 0 Å². The predicted octanol–water partition coefficient (Wildman–Crippen LogP) is 14.1. The molecule has 1 N–H and O–H groups in total. The number of nitrogens with zero attached hydrogens (tertiary/aromatic N) is 2. The molecule has 0 aliphatic carbocycles. The molecule has 58 heavy (non-hydrogen) atoms. The van der Waals surface area contributed by atoms with Gasteiger partial charge in [-0.25, -0.2) is 9.98 Å². The van der Waals surface area contributed by atoms with Gasteiger partial charge in [-0.3, -0.25) is 0 Å². The van der Waals surface area contributed by atoms with Gasteiger partial charge < -0.3 is 9.73 Å². The largest absolute Gasteiger partial charge is 0.456 e. The highest BCUT2D eigenvalue weighted by Crippen LogP contribution is 2.45. The maximum atomic E-state index is 6.31. The van der Waals surface area contributed by atoms with Crippen molar-refractivity contribution in [2.45, 2.75) is 6.17 Å². The van der Waals surface area contributed by atoms with Crippen LogP contribution < -0.4 is 5.32 Å². The molecule has 1 unspecified atom stereocenters. The molecular weight excluding hydrogens is 727 g/mol. The van der Waals surface area contributed by atoms with Crippen LogP contribution in [0.2, 0.25) is 0 Å². The van der Waals surface area contributed by atoms with Crippen molar-refractivity contribution in [2.24, 2.45) is 9.98 Å². The molecule has 5 heteroatoms. The summed E-state index contributed by atoms with van der Waals surface area (Å²) in [6.45, 7) is 0. The monoisotopic (exact) mass is 759 g/mol. The average Bonchev–Trinajstić information content (AvgIpc) is 3.86. The second kappa shape index (κ2) is 13.1. The number of fused-ring (bicyclic) bond motifs is 9. The number of thiophene rings is 1. The lowest BCUT2D eigenvalue weighted by molar-refractivity contribution is 0.668. The fourth-order valence-corrected chi connectivity index (χ4v) is 9.97. The van der Waals surface area contributed by atoms with Gasteiger partial charge >= 0.3 is 0 Å². The van der Waals surface area contributed by atoms with Crippen LogP contribution in [0.5, 0.6) is 0 Å². The molecule has 0 spiro atoms. The topological polar surface area (TPSA) is 49.9 Å². The fourth-order valence-electron chi connectivity index (χ4n) is 8.82. The zero-order valence-electron chi connectivity index (χ0n) is 31.2. The van der Waals surface area contributed by atoms with E-state index in [0.29, 0.717) is 0 Å². The van der Waals surface area contributed by atoms with E-state index in [9.17, 15) is 0 Å². The quantitative estimate of drug-likeness (QED) is 0.190. The SMILES string of the molecule is c1ccc(C2=NC(c3cc4sc5ccc(-c6ccc(-c7ccccc7)c7ccccc67)cc5c4c4ccccc34)N=C(c3ccc4c(c3)oc3ccccc34)N2)cc1. The first-order chi connectivity index (χ1) is 28.7. The Kier molecular flexibility index (Phi) is 7.43. The first-order valence-corrected chi connectivity index (χ1v) is 20.4. The maximum absolute atomic E-state index is 6.31. The molecule has 0 fully saturated rings. The zero-order chi connectivity index (χ0) is 38.2. The van der Waals surface area contributed by atoms with Crippen molar-refractivity contribution in [3.8, 4) is 22.3 Å². The van der Waals surface area contributed by atoms with Gasteiger partial charge in [-0.05, 0) is 80.2 Å². The minimum absolute atomic E-state index is 0.470. The molecule has 0 saturated carbocycles. The Hall–Kier alpha value is -7.34. The molecule has 1 aliphatic rings. The summed E-state index contributed by atoms with van der Waals surface area (Å²) < 4.78 is 8.79. The number of para-hydroxylation sites is 1. The van der Waals surface area contributed by atoms with Gasteiger partial charge in [0, 0.05) is 47.6 Å². The number of rotatable bonds is 5. The molecule has 0 saturated heterocycles. The summed E-state index contributed by atoms with van der Waals surface area (Å²) in [6, 6.07) is 66.9. The molecule has 0 bridgehead atoms. The van der Waals surface area contributed by atoms with E-state index in [2.05, 4.69) is 157 Å². The third kappa shape index (κ3) is 5.28. The van der Waals surface area contributed by atoms with E-state index >= 15 is 0 Å². The summed E-state index contributed by atoms with van der Waals surface area (Å²) in [6.07, 6.45) is -0.470. The Bertz CT molecular complexity index is 3490. The fraction of sp³-hybridized carbons (Fsp3) is 0.0189. The summed E-state index contributed by atoms with van der Waals surface area (Å²) in [4.78, 5) is 10.7. The van der Waals surface area contributed by atoms with Crippen molar-refractivity contribution in [1.82, 2.24) is 5.32 Å². The number of amidine groups is 2. The number of hydrogen-bond donors (Lipinski definition) is 1. The smallest absolute Gasteiger partial charge is 0.170 e. The molecule has 12 rings (SSSR count). The molecule has 272 valence electrons. The lowest BCUT2D eigenvalue weighted by atomic mass is 9.91. The van der Waals surface area contributed by atoms with Gasteiger partial charge in [-0.2, -0.15) is 0 Å². The van der Waals surface area contributed by atoms with Gasteiger partial charge in [0.25, 0.3) is 0 Å². The van der Waals surface area contributed by atoms with Crippen LogP contribution in [0.4, 0.5) is 0 Å². The van der Waals surface area contributed by atoms with Gasteiger partial charge in [-0.15, -0.1) is 11.3 Å².